The number of rotatable bonds is 4. The van der Waals surface area contributed by atoms with Gasteiger partial charge in [-0.05, 0) is 32.1 Å². The molecule has 2 rings (SSSR count). The van der Waals surface area contributed by atoms with Gasteiger partial charge in [-0.25, -0.2) is 0 Å². The Morgan fingerprint density at radius 2 is 2.44 bits per heavy atom. The Labute approximate surface area is 99.4 Å². The van der Waals surface area contributed by atoms with Crippen LogP contribution in [0.15, 0.2) is 5.16 Å². The van der Waals surface area contributed by atoms with Gasteiger partial charge in [-0.3, -0.25) is 4.79 Å². The van der Waals surface area contributed by atoms with E-state index >= 15 is 0 Å². The molecule has 0 aliphatic heterocycles. The fourth-order valence-electron chi connectivity index (χ4n) is 2.75. The lowest BCUT2D eigenvalue weighted by Gasteiger charge is -2.21. The van der Waals surface area contributed by atoms with Crippen LogP contribution in [-0.4, -0.2) is 34.5 Å². The summed E-state index contributed by atoms with van der Waals surface area (Å²) in [5, 5.41) is 12.6. The molecule has 2 aliphatic rings. The summed E-state index contributed by atoms with van der Waals surface area (Å²) >= 11 is 1.56. The molecule has 0 radical (unpaired) electrons. The van der Waals surface area contributed by atoms with E-state index in [2.05, 4.69) is 5.16 Å². The van der Waals surface area contributed by atoms with Crippen LogP contribution in [-0.2, 0) is 9.53 Å². The third kappa shape index (κ3) is 2.19. The Morgan fingerprint density at radius 1 is 1.62 bits per heavy atom. The average molecular weight is 243 g/mol. The largest absolute Gasteiger partial charge is 0.465 e. The van der Waals surface area contributed by atoms with Crippen molar-refractivity contribution in [1.82, 2.24) is 0 Å². The molecule has 2 bridgehead atoms. The minimum Gasteiger partial charge on any atom is -0.465 e. The fourth-order valence-corrected chi connectivity index (χ4v) is 4.08. The second kappa shape index (κ2) is 5.08. The number of hydrogen-bond acceptors (Lipinski definition) is 5. The maximum Gasteiger partial charge on any atom is 0.315 e. The summed E-state index contributed by atoms with van der Waals surface area (Å²) in [5.41, 5.74) is 0.894. The maximum atomic E-state index is 11.3. The first kappa shape index (κ1) is 11.8. The van der Waals surface area contributed by atoms with Crippen molar-refractivity contribution in [1.29, 1.82) is 0 Å². The molecule has 16 heavy (non-hydrogen) atoms. The first-order chi connectivity index (χ1) is 7.76. The van der Waals surface area contributed by atoms with Crippen molar-refractivity contribution in [3.8, 4) is 0 Å². The predicted octanol–water partition coefficient (Wildman–Crippen LogP) is 1.91. The van der Waals surface area contributed by atoms with Gasteiger partial charge in [-0.1, -0.05) is 5.16 Å². The Hall–Kier alpha value is -0.710. The molecule has 2 aliphatic carbocycles. The normalized spacial score (nSPS) is 34.6. The van der Waals surface area contributed by atoms with Gasteiger partial charge in [-0.2, -0.15) is 0 Å². The highest BCUT2D eigenvalue weighted by atomic mass is 32.2. The Bertz CT molecular complexity index is 306. The Kier molecular flexibility index (Phi) is 3.74. The minimum atomic E-state index is -0.174. The van der Waals surface area contributed by atoms with E-state index in [1.807, 2.05) is 0 Å². The van der Waals surface area contributed by atoms with Crippen molar-refractivity contribution < 1.29 is 14.7 Å². The topological polar surface area (TPSA) is 58.9 Å². The smallest absolute Gasteiger partial charge is 0.315 e. The first-order valence-corrected chi connectivity index (χ1v) is 6.80. The highest BCUT2D eigenvalue weighted by molar-refractivity contribution is 8.01. The van der Waals surface area contributed by atoms with Gasteiger partial charge in [0.05, 0.1) is 23.3 Å². The zero-order chi connectivity index (χ0) is 11.5. The third-order valence-corrected chi connectivity index (χ3v) is 4.80. The van der Waals surface area contributed by atoms with Gasteiger partial charge < -0.3 is 9.94 Å². The van der Waals surface area contributed by atoms with Crippen LogP contribution in [0, 0.1) is 11.8 Å². The number of carbonyl (C=O) groups excluding carboxylic acids is 1. The van der Waals surface area contributed by atoms with Crippen LogP contribution in [0.3, 0.4) is 0 Å². The molecule has 2 saturated carbocycles. The number of nitrogens with zero attached hydrogens (tertiary/aromatic N) is 1. The number of esters is 1. The van der Waals surface area contributed by atoms with E-state index < -0.39 is 0 Å². The molecule has 0 spiro atoms. The molecular weight excluding hydrogens is 226 g/mol. The van der Waals surface area contributed by atoms with Gasteiger partial charge in [0, 0.05) is 5.92 Å². The zero-order valence-electron chi connectivity index (χ0n) is 9.39. The van der Waals surface area contributed by atoms with Crippen molar-refractivity contribution in [2.24, 2.45) is 17.0 Å². The van der Waals surface area contributed by atoms with E-state index in [0.717, 1.165) is 18.6 Å². The van der Waals surface area contributed by atoms with Crippen molar-refractivity contribution in [2.45, 2.75) is 31.4 Å². The second-order valence-corrected chi connectivity index (χ2v) is 5.46. The maximum absolute atomic E-state index is 11.3. The summed E-state index contributed by atoms with van der Waals surface area (Å²) in [7, 11) is 0. The van der Waals surface area contributed by atoms with Gasteiger partial charge in [0.15, 0.2) is 0 Å². The van der Waals surface area contributed by atoms with Crippen LogP contribution >= 0.6 is 11.8 Å². The lowest BCUT2D eigenvalue weighted by atomic mass is 9.98. The molecule has 0 amide bonds. The SMILES string of the molecule is CCOC(=O)CS[C@H]1/C(=N/O)[C@H]2CC[C@H]1C2. The number of carbonyl (C=O) groups is 1. The van der Waals surface area contributed by atoms with Gasteiger partial charge in [0.1, 0.15) is 0 Å². The molecule has 5 heteroatoms. The third-order valence-electron chi connectivity index (χ3n) is 3.41. The molecule has 0 aromatic rings. The van der Waals surface area contributed by atoms with Gasteiger partial charge in [0.2, 0.25) is 0 Å². The predicted molar refractivity (Wildman–Crippen MR) is 62.9 cm³/mol. The summed E-state index contributed by atoms with van der Waals surface area (Å²) in [6, 6.07) is 0. The highest BCUT2D eigenvalue weighted by Gasteiger charge is 2.45. The second-order valence-electron chi connectivity index (χ2n) is 4.33. The standard InChI is InChI=1S/C11H17NO3S/c1-2-15-9(13)6-16-11-8-4-3-7(5-8)10(11)12-14/h7-8,11,14H,2-6H2,1H3/b12-10+/t7-,8-,11+/m0/s1. The zero-order valence-corrected chi connectivity index (χ0v) is 10.2. The van der Waals surface area contributed by atoms with Crippen LogP contribution in [0.25, 0.3) is 0 Å². The molecule has 90 valence electrons. The molecule has 2 fully saturated rings. The lowest BCUT2D eigenvalue weighted by molar-refractivity contribution is -0.139. The van der Waals surface area contributed by atoms with Crippen LogP contribution in [0.1, 0.15) is 26.2 Å². The molecule has 0 aromatic heterocycles. The van der Waals surface area contributed by atoms with Crippen molar-refractivity contribution in [2.75, 3.05) is 12.4 Å². The monoisotopic (exact) mass is 243 g/mol. The fraction of sp³-hybridized carbons (Fsp3) is 0.818. The van der Waals surface area contributed by atoms with Crippen LogP contribution in [0.5, 0.6) is 0 Å². The van der Waals surface area contributed by atoms with E-state index in [0.29, 0.717) is 24.2 Å². The van der Waals surface area contributed by atoms with E-state index in [1.165, 1.54) is 6.42 Å². The van der Waals surface area contributed by atoms with E-state index in [4.69, 9.17) is 9.94 Å². The summed E-state index contributed by atoms with van der Waals surface area (Å²) < 4.78 is 4.89. The summed E-state index contributed by atoms with van der Waals surface area (Å²) in [5.74, 6) is 1.23. The summed E-state index contributed by atoms with van der Waals surface area (Å²) in [6.45, 7) is 2.23. The Balaban J connectivity index is 1.87. The van der Waals surface area contributed by atoms with E-state index in [-0.39, 0.29) is 11.2 Å². The lowest BCUT2D eigenvalue weighted by Crippen LogP contribution is -2.26. The minimum absolute atomic E-state index is 0.174. The van der Waals surface area contributed by atoms with E-state index in [9.17, 15) is 4.79 Å². The van der Waals surface area contributed by atoms with Crippen LogP contribution in [0.2, 0.25) is 0 Å². The van der Waals surface area contributed by atoms with Crippen molar-refractivity contribution in [3.63, 3.8) is 0 Å². The van der Waals surface area contributed by atoms with Crippen molar-refractivity contribution in [3.05, 3.63) is 0 Å². The first-order valence-electron chi connectivity index (χ1n) is 5.75. The number of oxime groups is 1. The van der Waals surface area contributed by atoms with Crippen LogP contribution < -0.4 is 0 Å². The van der Waals surface area contributed by atoms with Crippen LogP contribution in [0.4, 0.5) is 0 Å². The number of thioether (sulfide) groups is 1. The molecule has 0 saturated heterocycles. The molecule has 4 nitrogen and oxygen atoms in total. The molecule has 3 atom stereocenters. The number of ether oxygens (including phenoxy) is 1. The number of hydrogen-bond donors (Lipinski definition) is 1. The average Bonchev–Trinajstić information content (AvgIpc) is 2.86. The van der Waals surface area contributed by atoms with Crippen molar-refractivity contribution >= 4 is 23.4 Å². The van der Waals surface area contributed by atoms with Gasteiger partial charge >= 0.3 is 5.97 Å². The molecule has 0 aromatic carbocycles. The van der Waals surface area contributed by atoms with Gasteiger partial charge in [0.25, 0.3) is 0 Å². The van der Waals surface area contributed by atoms with E-state index in [1.54, 1.807) is 18.7 Å². The summed E-state index contributed by atoms with van der Waals surface area (Å²) in [6.07, 6.45) is 3.46. The quantitative estimate of drug-likeness (QED) is 0.465. The molecular formula is C11H17NO3S. The number of fused-ring (bicyclic) bond motifs is 2. The Morgan fingerprint density at radius 3 is 3.12 bits per heavy atom. The molecule has 1 N–H and O–H groups in total. The highest BCUT2D eigenvalue weighted by Crippen LogP contribution is 2.47. The van der Waals surface area contributed by atoms with Gasteiger partial charge in [-0.15, -0.1) is 11.8 Å². The molecule has 0 unspecified atom stereocenters. The molecule has 0 heterocycles. The summed E-state index contributed by atoms with van der Waals surface area (Å²) in [4.78, 5) is 11.3.